The van der Waals surface area contributed by atoms with Crippen molar-refractivity contribution in [1.82, 2.24) is 0 Å². The molecule has 0 radical (unpaired) electrons. The van der Waals surface area contributed by atoms with Gasteiger partial charge >= 0.3 is 0 Å². The number of nitrogens with one attached hydrogen (secondary N) is 1. The molecule has 29 heavy (non-hydrogen) atoms. The number of aryl methyl sites for hydroxylation is 1. The quantitative estimate of drug-likeness (QED) is 0.656. The first-order valence-corrected chi connectivity index (χ1v) is 10.5. The van der Waals surface area contributed by atoms with Gasteiger partial charge in [-0.3, -0.25) is 14.5 Å². The number of nitrogens with zero attached hydrogens (tertiary/aromatic N) is 1. The van der Waals surface area contributed by atoms with E-state index < -0.39 is 4.87 Å². The van der Waals surface area contributed by atoms with Crippen molar-refractivity contribution in [2.24, 2.45) is 0 Å². The van der Waals surface area contributed by atoms with E-state index >= 15 is 0 Å². The molecule has 1 aliphatic heterocycles. The van der Waals surface area contributed by atoms with Crippen LogP contribution < -0.4 is 10.2 Å². The highest BCUT2D eigenvalue weighted by molar-refractivity contribution is 8.01. The van der Waals surface area contributed by atoms with Crippen molar-refractivity contribution in [3.63, 3.8) is 0 Å². The lowest BCUT2D eigenvalue weighted by Crippen LogP contribution is -2.44. The Morgan fingerprint density at radius 2 is 1.59 bits per heavy atom. The van der Waals surface area contributed by atoms with Crippen LogP contribution in [0.25, 0.3) is 0 Å². The third-order valence-corrected chi connectivity index (χ3v) is 6.45. The minimum atomic E-state index is -0.783. The Balaban J connectivity index is 1.71. The number of para-hydroxylation sites is 1. The summed E-state index contributed by atoms with van der Waals surface area (Å²) >= 11 is 1.51. The summed E-state index contributed by atoms with van der Waals surface area (Å²) in [5.41, 5.74) is 3.63. The summed E-state index contributed by atoms with van der Waals surface area (Å²) < 4.78 is 0. The number of hydrogen-bond donors (Lipinski definition) is 1. The van der Waals surface area contributed by atoms with Crippen LogP contribution in [-0.4, -0.2) is 17.6 Å². The average Bonchev–Trinajstić information content (AvgIpc) is 3.08. The molecule has 1 N–H and O–H groups in total. The molecule has 0 spiro atoms. The Morgan fingerprint density at radius 3 is 2.24 bits per heavy atom. The van der Waals surface area contributed by atoms with Gasteiger partial charge in [0.05, 0.1) is 12.2 Å². The lowest BCUT2D eigenvalue weighted by atomic mass is 9.99. The number of thioether (sulfide) groups is 1. The van der Waals surface area contributed by atoms with Crippen LogP contribution in [0.15, 0.2) is 84.9 Å². The second-order valence-electron chi connectivity index (χ2n) is 7.09. The van der Waals surface area contributed by atoms with Gasteiger partial charge in [-0.25, -0.2) is 0 Å². The molecule has 1 atom stereocenters. The molecule has 3 aromatic rings. The highest BCUT2D eigenvalue weighted by atomic mass is 32.2. The van der Waals surface area contributed by atoms with E-state index in [1.165, 1.54) is 11.8 Å². The fraction of sp³-hybridized carbons (Fsp3) is 0.167. The van der Waals surface area contributed by atoms with Gasteiger partial charge in [-0.05, 0) is 36.8 Å². The largest absolute Gasteiger partial charge is 0.326 e. The summed E-state index contributed by atoms with van der Waals surface area (Å²) in [6.45, 7) is 2.01. The van der Waals surface area contributed by atoms with Crippen molar-refractivity contribution in [1.29, 1.82) is 0 Å². The van der Waals surface area contributed by atoms with E-state index in [9.17, 15) is 9.59 Å². The van der Waals surface area contributed by atoms with E-state index in [4.69, 9.17) is 0 Å². The van der Waals surface area contributed by atoms with Gasteiger partial charge < -0.3 is 5.32 Å². The molecule has 1 fully saturated rings. The SMILES string of the molecule is Cc1ccc(NC(=O)C[C@]2(c3ccccc3)SCC(=O)N2c2ccccc2)cc1. The summed E-state index contributed by atoms with van der Waals surface area (Å²) in [6, 6.07) is 27.1. The van der Waals surface area contributed by atoms with E-state index in [1.807, 2.05) is 91.9 Å². The third-order valence-electron chi connectivity index (χ3n) is 5.02. The summed E-state index contributed by atoms with van der Waals surface area (Å²) in [7, 11) is 0. The molecule has 146 valence electrons. The lowest BCUT2D eigenvalue weighted by molar-refractivity contribution is -0.117. The summed E-state index contributed by atoms with van der Waals surface area (Å²) in [4.78, 5) is 27.0. The number of carbonyl (C=O) groups excluding carboxylic acids is 2. The first-order chi connectivity index (χ1) is 14.1. The number of carbonyl (C=O) groups is 2. The molecule has 1 heterocycles. The Kier molecular flexibility index (Phi) is 5.41. The predicted molar refractivity (Wildman–Crippen MR) is 119 cm³/mol. The van der Waals surface area contributed by atoms with E-state index in [0.29, 0.717) is 5.75 Å². The molecule has 1 aliphatic rings. The maximum absolute atomic E-state index is 13.1. The van der Waals surface area contributed by atoms with E-state index in [2.05, 4.69) is 5.32 Å². The number of anilines is 2. The fourth-order valence-electron chi connectivity index (χ4n) is 3.64. The van der Waals surface area contributed by atoms with Gasteiger partial charge in [-0.2, -0.15) is 0 Å². The molecular weight excluding hydrogens is 380 g/mol. The van der Waals surface area contributed by atoms with Gasteiger partial charge in [-0.1, -0.05) is 66.2 Å². The van der Waals surface area contributed by atoms with Crippen molar-refractivity contribution in [3.8, 4) is 0 Å². The number of hydrogen-bond acceptors (Lipinski definition) is 3. The molecular formula is C24H22N2O2S. The second kappa shape index (κ2) is 8.13. The molecule has 1 saturated heterocycles. The van der Waals surface area contributed by atoms with Crippen LogP contribution in [0.1, 0.15) is 17.5 Å². The summed E-state index contributed by atoms with van der Waals surface area (Å²) in [6.07, 6.45) is 0.163. The van der Waals surface area contributed by atoms with Crippen LogP contribution in [0, 0.1) is 6.92 Å². The zero-order valence-corrected chi connectivity index (χ0v) is 17.0. The van der Waals surface area contributed by atoms with Crippen LogP contribution in [0.5, 0.6) is 0 Å². The molecule has 0 saturated carbocycles. The Bertz CT molecular complexity index is 1010. The number of benzene rings is 3. The van der Waals surface area contributed by atoms with Crippen molar-refractivity contribution in [2.45, 2.75) is 18.2 Å². The highest BCUT2D eigenvalue weighted by Gasteiger charge is 2.49. The lowest BCUT2D eigenvalue weighted by Gasteiger charge is -2.37. The maximum Gasteiger partial charge on any atom is 0.238 e. The number of rotatable bonds is 5. The predicted octanol–water partition coefficient (Wildman–Crippen LogP) is 4.96. The van der Waals surface area contributed by atoms with Crippen LogP contribution >= 0.6 is 11.8 Å². The van der Waals surface area contributed by atoms with Crippen molar-refractivity contribution in [2.75, 3.05) is 16.0 Å². The second-order valence-corrected chi connectivity index (χ2v) is 8.35. The normalized spacial score (nSPS) is 18.7. The van der Waals surface area contributed by atoms with Crippen LogP contribution in [0.2, 0.25) is 0 Å². The maximum atomic E-state index is 13.1. The molecule has 3 aromatic carbocycles. The van der Waals surface area contributed by atoms with Gasteiger partial charge in [0.25, 0.3) is 0 Å². The van der Waals surface area contributed by atoms with Gasteiger partial charge in [-0.15, -0.1) is 11.8 Å². The summed E-state index contributed by atoms with van der Waals surface area (Å²) in [5.74, 6) is 0.218. The Labute approximate surface area is 174 Å². The first-order valence-electron chi connectivity index (χ1n) is 9.53. The van der Waals surface area contributed by atoms with Gasteiger partial charge in [0.2, 0.25) is 11.8 Å². The zero-order chi connectivity index (χ0) is 20.3. The van der Waals surface area contributed by atoms with E-state index in [0.717, 1.165) is 22.5 Å². The summed E-state index contributed by atoms with van der Waals surface area (Å²) in [5, 5.41) is 2.99. The molecule has 0 bridgehead atoms. The zero-order valence-electron chi connectivity index (χ0n) is 16.2. The van der Waals surface area contributed by atoms with E-state index in [1.54, 1.807) is 4.90 Å². The minimum Gasteiger partial charge on any atom is -0.326 e. The first kappa shape index (κ1) is 19.3. The van der Waals surface area contributed by atoms with E-state index in [-0.39, 0.29) is 18.2 Å². The van der Waals surface area contributed by atoms with Gasteiger partial charge in [0, 0.05) is 11.4 Å². The van der Waals surface area contributed by atoms with Gasteiger partial charge in [0.15, 0.2) is 0 Å². The molecule has 5 heteroatoms. The molecule has 0 aliphatic carbocycles. The smallest absolute Gasteiger partial charge is 0.238 e. The molecule has 0 unspecified atom stereocenters. The van der Waals surface area contributed by atoms with Crippen LogP contribution in [0.4, 0.5) is 11.4 Å². The van der Waals surface area contributed by atoms with Crippen molar-refractivity contribution >= 4 is 35.0 Å². The van der Waals surface area contributed by atoms with Crippen molar-refractivity contribution in [3.05, 3.63) is 96.1 Å². The van der Waals surface area contributed by atoms with Crippen molar-refractivity contribution < 1.29 is 9.59 Å². The fourth-order valence-corrected chi connectivity index (χ4v) is 5.01. The molecule has 0 aromatic heterocycles. The molecule has 4 nitrogen and oxygen atoms in total. The van der Waals surface area contributed by atoms with Crippen LogP contribution in [0.3, 0.4) is 0 Å². The Hall–Kier alpha value is -3.05. The van der Waals surface area contributed by atoms with Gasteiger partial charge in [0.1, 0.15) is 4.87 Å². The molecule has 4 rings (SSSR count). The average molecular weight is 403 g/mol. The number of amides is 2. The Morgan fingerprint density at radius 1 is 0.966 bits per heavy atom. The monoisotopic (exact) mass is 402 g/mol. The molecule has 2 amide bonds. The van der Waals surface area contributed by atoms with Crippen LogP contribution in [-0.2, 0) is 14.5 Å². The third kappa shape index (κ3) is 3.91. The standard InChI is InChI=1S/C24H22N2O2S/c1-18-12-14-20(15-13-18)25-22(27)16-24(19-8-4-2-5-9-19)26(23(28)17-29-24)21-10-6-3-7-11-21/h2-15H,16-17H2,1H3,(H,25,27)/t24-/m1/s1. The minimum absolute atomic E-state index is 0.00758. The topological polar surface area (TPSA) is 49.4 Å². The highest BCUT2D eigenvalue weighted by Crippen LogP contribution is 2.50.